The fourth-order valence-corrected chi connectivity index (χ4v) is 1.70. The van der Waals surface area contributed by atoms with Gasteiger partial charge in [0.05, 0.1) is 10.5 Å². The van der Waals surface area contributed by atoms with Crippen LogP contribution < -0.4 is 11.1 Å². The third-order valence-electron chi connectivity index (χ3n) is 2.77. The number of nitrogens with one attached hydrogen (secondary N) is 1. The number of nitro groups is 1. The van der Waals surface area contributed by atoms with E-state index >= 15 is 0 Å². The number of nitrogens with two attached hydrogens (primary N) is 1. The van der Waals surface area contributed by atoms with Crippen LogP contribution in [0.15, 0.2) is 36.5 Å². The third-order valence-corrected chi connectivity index (χ3v) is 2.77. The Morgan fingerprint density at radius 2 is 2.10 bits per heavy atom. The number of pyridine rings is 1. The van der Waals surface area contributed by atoms with E-state index in [2.05, 4.69) is 10.3 Å². The van der Waals surface area contributed by atoms with Gasteiger partial charge in [-0.3, -0.25) is 14.9 Å². The van der Waals surface area contributed by atoms with Gasteiger partial charge < -0.3 is 11.1 Å². The second kappa shape index (κ2) is 5.35. The summed E-state index contributed by atoms with van der Waals surface area (Å²) in [6.07, 6.45) is 1.54. The molecule has 0 saturated carbocycles. The number of carbonyl (C=O) groups is 1. The van der Waals surface area contributed by atoms with Gasteiger partial charge in [-0.15, -0.1) is 0 Å². The second-order valence-electron chi connectivity index (χ2n) is 4.12. The fraction of sp³-hybridized carbons (Fsp3) is 0.0769. The Bertz CT molecular complexity index is 685. The number of benzene rings is 1. The Labute approximate surface area is 114 Å². The van der Waals surface area contributed by atoms with Gasteiger partial charge in [0, 0.05) is 12.3 Å². The standard InChI is InChI=1S/C13H12N4O3/c1-8-4-3-7-15-12(8)16-13(18)9-5-2-6-10(11(9)14)17(19)20/h2-7H,14H2,1H3,(H,15,16,18). The lowest BCUT2D eigenvalue weighted by Crippen LogP contribution is -2.16. The smallest absolute Gasteiger partial charge is 0.292 e. The second-order valence-corrected chi connectivity index (χ2v) is 4.12. The first-order valence-corrected chi connectivity index (χ1v) is 5.76. The number of hydrogen-bond donors (Lipinski definition) is 2. The van der Waals surface area contributed by atoms with Crippen molar-refractivity contribution in [3.63, 3.8) is 0 Å². The lowest BCUT2D eigenvalue weighted by molar-refractivity contribution is -0.383. The number of hydrogen-bond acceptors (Lipinski definition) is 5. The number of nitro benzene ring substituents is 1. The molecule has 0 fully saturated rings. The summed E-state index contributed by atoms with van der Waals surface area (Å²) < 4.78 is 0. The van der Waals surface area contributed by atoms with Crippen LogP contribution in [-0.4, -0.2) is 15.8 Å². The van der Waals surface area contributed by atoms with Crippen LogP contribution >= 0.6 is 0 Å². The van der Waals surface area contributed by atoms with Crippen LogP contribution in [0.4, 0.5) is 17.2 Å². The van der Waals surface area contributed by atoms with Crippen LogP contribution in [0.2, 0.25) is 0 Å². The maximum atomic E-state index is 12.1. The number of rotatable bonds is 3. The lowest BCUT2D eigenvalue weighted by atomic mass is 10.1. The zero-order valence-corrected chi connectivity index (χ0v) is 10.7. The molecule has 7 heteroatoms. The molecule has 7 nitrogen and oxygen atoms in total. The van der Waals surface area contributed by atoms with Crippen molar-refractivity contribution in [2.75, 3.05) is 11.1 Å². The van der Waals surface area contributed by atoms with Gasteiger partial charge in [-0.25, -0.2) is 4.98 Å². The van der Waals surface area contributed by atoms with Crippen LogP contribution in [-0.2, 0) is 0 Å². The summed E-state index contributed by atoms with van der Waals surface area (Å²) in [7, 11) is 0. The first-order valence-electron chi connectivity index (χ1n) is 5.76. The zero-order valence-electron chi connectivity index (χ0n) is 10.7. The predicted molar refractivity (Wildman–Crippen MR) is 74.4 cm³/mol. The van der Waals surface area contributed by atoms with E-state index in [9.17, 15) is 14.9 Å². The van der Waals surface area contributed by atoms with Crippen molar-refractivity contribution in [3.05, 3.63) is 57.8 Å². The Morgan fingerprint density at radius 3 is 2.75 bits per heavy atom. The highest BCUT2D eigenvalue weighted by atomic mass is 16.6. The minimum atomic E-state index is -0.627. The number of nitrogens with zero attached hydrogens (tertiary/aromatic N) is 2. The van der Waals surface area contributed by atoms with Gasteiger partial charge in [-0.05, 0) is 24.6 Å². The first-order chi connectivity index (χ1) is 9.50. The van der Waals surface area contributed by atoms with E-state index in [4.69, 9.17) is 5.73 Å². The topological polar surface area (TPSA) is 111 Å². The van der Waals surface area contributed by atoms with Crippen molar-refractivity contribution < 1.29 is 9.72 Å². The van der Waals surface area contributed by atoms with E-state index in [1.807, 2.05) is 0 Å². The molecule has 1 heterocycles. The van der Waals surface area contributed by atoms with Gasteiger partial charge >= 0.3 is 0 Å². The van der Waals surface area contributed by atoms with E-state index in [-0.39, 0.29) is 16.9 Å². The molecule has 2 rings (SSSR count). The maximum Gasteiger partial charge on any atom is 0.292 e. The number of amides is 1. The average molecular weight is 272 g/mol. The van der Waals surface area contributed by atoms with Crippen molar-refractivity contribution in [3.8, 4) is 0 Å². The molecule has 1 aromatic carbocycles. The molecule has 2 aromatic rings. The largest absolute Gasteiger partial charge is 0.393 e. The number of nitrogen functional groups attached to an aromatic ring is 1. The molecule has 102 valence electrons. The Kier molecular flexibility index (Phi) is 3.60. The molecule has 1 amide bonds. The molecule has 3 N–H and O–H groups in total. The monoisotopic (exact) mass is 272 g/mol. The van der Waals surface area contributed by atoms with E-state index in [0.29, 0.717) is 5.82 Å². The van der Waals surface area contributed by atoms with Gasteiger partial charge in [-0.2, -0.15) is 0 Å². The Morgan fingerprint density at radius 1 is 1.35 bits per heavy atom. The van der Waals surface area contributed by atoms with Gasteiger partial charge in [0.1, 0.15) is 11.5 Å². The molecule has 0 atom stereocenters. The van der Waals surface area contributed by atoms with Crippen LogP contribution in [0.3, 0.4) is 0 Å². The molecule has 1 aromatic heterocycles. The number of para-hydroxylation sites is 1. The lowest BCUT2D eigenvalue weighted by Gasteiger charge is -2.08. The molecule has 0 radical (unpaired) electrons. The van der Waals surface area contributed by atoms with Crippen LogP contribution in [0.5, 0.6) is 0 Å². The van der Waals surface area contributed by atoms with Gasteiger partial charge in [0.25, 0.3) is 11.6 Å². The average Bonchev–Trinajstić information content (AvgIpc) is 2.41. The molecule has 0 bridgehead atoms. The van der Waals surface area contributed by atoms with Crippen LogP contribution in [0.25, 0.3) is 0 Å². The number of aryl methyl sites for hydroxylation is 1. The molecule has 0 spiro atoms. The summed E-state index contributed by atoms with van der Waals surface area (Å²) in [5, 5.41) is 13.4. The number of anilines is 2. The van der Waals surface area contributed by atoms with Gasteiger partial charge in [0.15, 0.2) is 0 Å². The fourth-order valence-electron chi connectivity index (χ4n) is 1.70. The van der Waals surface area contributed by atoms with E-state index < -0.39 is 10.8 Å². The van der Waals surface area contributed by atoms with Crippen molar-refractivity contribution in [1.29, 1.82) is 0 Å². The summed E-state index contributed by atoms with van der Waals surface area (Å²) in [6.45, 7) is 1.79. The molecule has 20 heavy (non-hydrogen) atoms. The number of aromatic nitrogens is 1. The predicted octanol–water partition coefficient (Wildman–Crippen LogP) is 2.13. The molecule has 0 aliphatic rings. The normalized spacial score (nSPS) is 10.1. The van der Waals surface area contributed by atoms with Gasteiger partial charge in [-0.1, -0.05) is 12.1 Å². The molecule has 0 aliphatic heterocycles. The Balaban J connectivity index is 2.33. The summed E-state index contributed by atoms with van der Waals surface area (Å²) in [4.78, 5) is 26.3. The van der Waals surface area contributed by atoms with Crippen molar-refractivity contribution >= 4 is 23.1 Å². The summed E-state index contributed by atoms with van der Waals surface area (Å²) in [6, 6.07) is 7.62. The highest BCUT2D eigenvalue weighted by molar-refractivity contribution is 6.08. The summed E-state index contributed by atoms with van der Waals surface area (Å²) in [5.41, 5.74) is 6.02. The SMILES string of the molecule is Cc1cccnc1NC(=O)c1cccc([N+](=O)[O-])c1N. The molecule has 0 aliphatic carbocycles. The van der Waals surface area contributed by atoms with E-state index in [1.54, 1.807) is 25.3 Å². The van der Waals surface area contributed by atoms with Crippen molar-refractivity contribution in [1.82, 2.24) is 4.98 Å². The van der Waals surface area contributed by atoms with Crippen molar-refractivity contribution in [2.24, 2.45) is 0 Å². The zero-order chi connectivity index (χ0) is 14.7. The Hall–Kier alpha value is -2.96. The first kappa shape index (κ1) is 13.5. The highest BCUT2D eigenvalue weighted by Crippen LogP contribution is 2.25. The van der Waals surface area contributed by atoms with Crippen molar-refractivity contribution in [2.45, 2.75) is 6.92 Å². The third kappa shape index (κ3) is 2.56. The summed E-state index contributed by atoms with van der Waals surface area (Å²) in [5.74, 6) is -0.142. The summed E-state index contributed by atoms with van der Waals surface area (Å²) >= 11 is 0. The molecular formula is C13H12N4O3. The molecular weight excluding hydrogens is 260 g/mol. The highest BCUT2D eigenvalue weighted by Gasteiger charge is 2.19. The van der Waals surface area contributed by atoms with E-state index in [0.717, 1.165) is 5.56 Å². The maximum absolute atomic E-state index is 12.1. The minimum Gasteiger partial charge on any atom is -0.393 e. The minimum absolute atomic E-state index is 0.0456. The molecule has 0 saturated heterocycles. The quantitative estimate of drug-likeness (QED) is 0.505. The van der Waals surface area contributed by atoms with Gasteiger partial charge in [0.2, 0.25) is 0 Å². The molecule has 0 unspecified atom stereocenters. The van der Waals surface area contributed by atoms with Crippen LogP contribution in [0, 0.1) is 17.0 Å². The van der Waals surface area contributed by atoms with E-state index in [1.165, 1.54) is 18.2 Å². The number of carbonyl (C=O) groups excluding carboxylic acids is 1. The van der Waals surface area contributed by atoms with Crippen LogP contribution in [0.1, 0.15) is 15.9 Å².